The summed E-state index contributed by atoms with van der Waals surface area (Å²) in [5, 5.41) is 1.17. The molecule has 0 bridgehead atoms. The van der Waals surface area contributed by atoms with Crippen LogP contribution < -0.4 is 0 Å². The number of aryl methyl sites for hydroxylation is 2. The number of allylic oxidation sites excluding steroid dienone is 2. The summed E-state index contributed by atoms with van der Waals surface area (Å²) in [4.78, 5) is 0. The first kappa shape index (κ1) is 13.3. The van der Waals surface area contributed by atoms with E-state index in [4.69, 9.17) is 4.42 Å². The van der Waals surface area contributed by atoms with E-state index in [2.05, 4.69) is 25.6 Å². The van der Waals surface area contributed by atoms with Crippen molar-refractivity contribution in [2.75, 3.05) is 0 Å². The van der Waals surface area contributed by atoms with E-state index in [1.807, 2.05) is 39.0 Å². The van der Waals surface area contributed by atoms with Gasteiger partial charge in [0.1, 0.15) is 11.3 Å². The molecular weight excluding hydrogens is 208 g/mol. The van der Waals surface area contributed by atoms with Crippen molar-refractivity contribution >= 4 is 17.0 Å². The van der Waals surface area contributed by atoms with Gasteiger partial charge < -0.3 is 4.42 Å². The summed E-state index contributed by atoms with van der Waals surface area (Å²) in [5.41, 5.74) is 3.34. The maximum absolute atomic E-state index is 5.67. The first-order valence-corrected chi connectivity index (χ1v) is 6.01. The van der Waals surface area contributed by atoms with Gasteiger partial charge in [-0.1, -0.05) is 50.3 Å². The Morgan fingerprint density at radius 3 is 2.53 bits per heavy atom. The molecule has 0 unspecified atom stereocenters. The maximum atomic E-state index is 5.67. The molecule has 1 heteroatoms. The van der Waals surface area contributed by atoms with Gasteiger partial charge in [0.05, 0.1) is 0 Å². The Hall–Kier alpha value is -1.76. The van der Waals surface area contributed by atoms with Crippen molar-refractivity contribution in [3.63, 3.8) is 0 Å². The number of rotatable bonds is 2. The Kier molecular flexibility index (Phi) is 4.77. The second-order valence-corrected chi connectivity index (χ2v) is 3.67. The largest absolute Gasteiger partial charge is 0.461 e. The molecule has 0 spiro atoms. The summed E-state index contributed by atoms with van der Waals surface area (Å²) in [6.45, 7) is 11.7. The van der Waals surface area contributed by atoms with Crippen molar-refractivity contribution in [1.82, 2.24) is 0 Å². The molecule has 0 aliphatic carbocycles. The molecule has 0 aliphatic heterocycles. The Balaban J connectivity index is 0.000000686. The van der Waals surface area contributed by atoms with Crippen LogP contribution in [-0.4, -0.2) is 0 Å². The predicted molar refractivity (Wildman–Crippen MR) is 76.3 cm³/mol. The molecule has 1 heterocycles. The zero-order valence-corrected chi connectivity index (χ0v) is 11.1. The quantitative estimate of drug-likeness (QED) is 0.638. The van der Waals surface area contributed by atoms with E-state index < -0.39 is 0 Å². The average molecular weight is 228 g/mol. The molecule has 0 N–H and O–H groups in total. The van der Waals surface area contributed by atoms with Gasteiger partial charge in [-0.25, -0.2) is 0 Å². The van der Waals surface area contributed by atoms with E-state index in [-0.39, 0.29) is 0 Å². The number of fused-ring (bicyclic) bond motifs is 1. The SMILES string of the molecule is C=C/C=C\c1c(C)oc2ccc(C)cc12.CC. The Bertz CT molecular complexity index is 530. The minimum atomic E-state index is 0.946. The van der Waals surface area contributed by atoms with Crippen LogP contribution >= 0.6 is 0 Å². The highest BCUT2D eigenvalue weighted by atomic mass is 16.3. The molecule has 0 amide bonds. The maximum Gasteiger partial charge on any atom is 0.134 e. The molecule has 0 fully saturated rings. The molecule has 2 aromatic rings. The van der Waals surface area contributed by atoms with Gasteiger partial charge in [-0.15, -0.1) is 0 Å². The summed E-state index contributed by atoms with van der Waals surface area (Å²) < 4.78 is 5.67. The van der Waals surface area contributed by atoms with Crippen LogP contribution in [0.4, 0.5) is 0 Å². The summed E-state index contributed by atoms with van der Waals surface area (Å²) in [6, 6.07) is 6.23. The van der Waals surface area contributed by atoms with Crippen molar-refractivity contribution in [1.29, 1.82) is 0 Å². The van der Waals surface area contributed by atoms with Crippen LogP contribution in [0.3, 0.4) is 0 Å². The van der Waals surface area contributed by atoms with Crippen molar-refractivity contribution < 1.29 is 4.42 Å². The van der Waals surface area contributed by atoms with Crippen LogP contribution in [0, 0.1) is 13.8 Å². The van der Waals surface area contributed by atoms with Crippen molar-refractivity contribution in [2.24, 2.45) is 0 Å². The van der Waals surface area contributed by atoms with Gasteiger partial charge in [0.25, 0.3) is 0 Å². The number of benzene rings is 1. The average Bonchev–Trinajstić information content (AvgIpc) is 2.65. The molecule has 0 atom stereocenters. The fourth-order valence-corrected chi connectivity index (χ4v) is 1.72. The van der Waals surface area contributed by atoms with Gasteiger partial charge in [0, 0.05) is 10.9 Å². The predicted octanol–water partition coefficient (Wildman–Crippen LogP) is 5.28. The van der Waals surface area contributed by atoms with E-state index in [1.54, 1.807) is 6.08 Å². The third-order valence-electron chi connectivity index (χ3n) is 2.47. The lowest BCUT2D eigenvalue weighted by molar-refractivity contribution is 0.577. The van der Waals surface area contributed by atoms with E-state index in [0.29, 0.717) is 0 Å². The highest BCUT2D eigenvalue weighted by Gasteiger charge is 2.07. The molecule has 1 aromatic carbocycles. The molecule has 90 valence electrons. The van der Waals surface area contributed by atoms with Crippen LogP contribution in [0.5, 0.6) is 0 Å². The summed E-state index contributed by atoms with van der Waals surface area (Å²) in [5.74, 6) is 0.952. The third-order valence-corrected chi connectivity index (χ3v) is 2.47. The standard InChI is InChI=1S/C14H14O.C2H6/c1-4-5-6-12-11(3)15-14-8-7-10(2)9-13(12)14;1-2/h4-9H,1H2,2-3H3;1-2H3/b6-5-;. The fraction of sp³-hybridized carbons (Fsp3) is 0.250. The van der Waals surface area contributed by atoms with Crippen LogP contribution in [0.15, 0.2) is 41.3 Å². The lowest BCUT2D eigenvalue weighted by Crippen LogP contribution is -1.74. The topological polar surface area (TPSA) is 13.1 Å². The van der Waals surface area contributed by atoms with Crippen molar-refractivity contribution in [3.05, 3.63) is 53.8 Å². The fourth-order valence-electron chi connectivity index (χ4n) is 1.72. The Morgan fingerprint density at radius 2 is 1.88 bits per heavy atom. The van der Waals surface area contributed by atoms with Gasteiger partial charge in [0.15, 0.2) is 0 Å². The summed E-state index contributed by atoms with van der Waals surface area (Å²) in [6.07, 6.45) is 5.74. The molecule has 17 heavy (non-hydrogen) atoms. The van der Waals surface area contributed by atoms with Crippen LogP contribution in [-0.2, 0) is 0 Å². The monoisotopic (exact) mass is 228 g/mol. The molecule has 0 saturated heterocycles. The highest BCUT2D eigenvalue weighted by molar-refractivity contribution is 5.89. The first-order valence-electron chi connectivity index (χ1n) is 6.01. The second kappa shape index (κ2) is 6.09. The first-order chi connectivity index (χ1) is 8.22. The van der Waals surface area contributed by atoms with Gasteiger partial charge in [-0.05, 0) is 26.0 Å². The van der Waals surface area contributed by atoms with Crippen LogP contribution in [0.25, 0.3) is 17.0 Å². The molecule has 1 aromatic heterocycles. The Labute approximate surface area is 103 Å². The van der Waals surface area contributed by atoms with Gasteiger partial charge in [-0.2, -0.15) is 0 Å². The minimum absolute atomic E-state index is 0.946. The normalized spacial score (nSPS) is 10.4. The van der Waals surface area contributed by atoms with E-state index >= 15 is 0 Å². The molecule has 0 radical (unpaired) electrons. The summed E-state index contributed by atoms with van der Waals surface area (Å²) in [7, 11) is 0. The smallest absolute Gasteiger partial charge is 0.134 e. The van der Waals surface area contributed by atoms with E-state index in [1.165, 1.54) is 10.9 Å². The minimum Gasteiger partial charge on any atom is -0.461 e. The highest BCUT2D eigenvalue weighted by Crippen LogP contribution is 2.27. The lowest BCUT2D eigenvalue weighted by atomic mass is 10.1. The number of hydrogen-bond acceptors (Lipinski definition) is 1. The van der Waals surface area contributed by atoms with Gasteiger partial charge in [0.2, 0.25) is 0 Å². The van der Waals surface area contributed by atoms with Gasteiger partial charge >= 0.3 is 0 Å². The molecule has 2 rings (SSSR count). The van der Waals surface area contributed by atoms with Crippen LogP contribution in [0.1, 0.15) is 30.7 Å². The van der Waals surface area contributed by atoms with Gasteiger partial charge in [-0.3, -0.25) is 0 Å². The summed E-state index contributed by atoms with van der Waals surface area (Å²) >= 11 is 0. The molecule has 0 aliphatic rings. The van der Waals surface area contributed by atoms with E-state index in [0.717, 1.165) is 16.9 Å². The molecular formula is C16H20O. The molecule has 0 saturated carbocycles. The number of hydrogen-bond donors (Lipinski definition) is 0. The zero-order valence-electron chi connectivity index (χ0n) is 11.1. The Morgan fingerprint density at radius 1 is 1.18 bits per heavy atom. The van der Waals surface area contributed by atoms with Crippen LogP contribution in [0.2, 0.25) is 0 Å². The van der Waals surface area contributed by atoms with Crippen molar-refractivity contribution in [3.8, 4) is 0 Å². The number of furan rings is 1. The third kappa shape index (κ3) is 2.88. The second-order valence-electron chi connectivity index (χ2n) is 3.67. The molecule has 1 nitrogen and oxygen atoms in total. The van der Waals surface area contributed by atoms with E-state index in [9.17, 15) is 0 Å². The van der Waals surface area contributed by atoms with Crippen molar-refractivity contribution in [2.45, 2.75) is 27.7 Å². The zero-order chi connectivity index (χ0) is 12.8. The lowest BCUT2D eigenvalue weighted by Gasteiger charge is -1.93.